The van der Waals surface area contributed by atoms with Crippen molar-refractivity contribution < 1.29 is 18.8 Å². The SMILES string of the molecule is O=C(Nc1ccc(F)cc1)c1nnc(C(=O)N2CCC(C(=O)N3CCCC3)CC2)s1. The minimum Gasteiger partial charge on any atom is -0.342 e. The zero-order valence-corrected chi connectivity index (χ0v) is 17.2. The van der Waals surface area contributed by atoms with E-state index in [-0.39, 0.29) is 27.7 Å². The number of halogens is 1. The maximum Gasteiger partial charge on any atom is 0.286 e. The number of nitrogens with one attached hydrogen (secondary N) is 1. The average molecular weight is 431 g/mol. The lowest BCUT2D eigenvalue weighted by Gasteiger charge is -2.32. The smallest absolute Gasteiger partial charge is 0.286 e. The fourth-order valence-electron chi connectivity index (χ4n) is 3.78. The molecule has 2 aromatic rings. The van der Waals surface area contributed by atoms with Gasteiger partial charge >= 0.3 is 0 Å². The normalized spacial score (nSPS) is 17.2. The molecule has 0 saturated carbocycles. The summed E-state index contributed by atoms with van der Waals surface area (Å²) in [6.45, 7) is 2.65. The molecule has 0 spiro atoms. The van der Waals surface area contributed by atoms with Crippen molar-refractivity contribution in [3.8, 4) is 0 Å². The quantitative estimate of drug-likeness (QED) is 0.802. The zero-order chi connectivity index (χ0) is 21.1. The van der Waals surface area contributed by atoms with Gasteiger partial charge in [0.1, 0.15) is 5.82 Å². The molecule has 158 valence electrons. The van der Waals surface area contributed by atoms with E-state index in [1.165, 1.54) is 24.3 Å². The molecule has 30 heavy (non-hydrogen) atoms. The lowest BCUT2D eigenvalue weighted by molar-refractivity contribution is -0.135. The molecule has 1 aromatic heterocycles. The predicted molar refractivity (Wildman–Crippen MR) is 109 cm³/mol. The second kappa shape index (κ2) is 8.86. The van der Waals surface area contributed by atoms with Crippen molar-refractivity contribution in [2.75, 3.05) is 31.5 Å². The molecule has 0 bridgehead atoms. The Morgan fingerprint density at radius 3 is 2.23 bits per heavy atom. The van der Waals surface area contributed by atoms with Gasteiger partial charge in [-0.15, -0.1) is 10.2 Å². The molecule has 8 nitrogen and oxygen atoms in total. The minimum atomic E-state index is -0.506. The maximum absolute atomic E-state index is 13.0. The van der Waals surface area contributed by atoms with E-state index >= 15 is 0 Å². The number of aromatic nitrogens is 2. The van der Waals surface area contributed by atoms with Crippen LogP contribution in [0.25, 0.3) is 0 Å². The summed E-state index contributed by atoms with van der Waals surface area (Å²) in [4.78, 5) is 41.1. The second-order valence-corrected chi connectivity index (χ2v) is 8.45. The molecular formula is C20H22FN5O3S. The minimum absolute atomic E-state index is 0.0291. The van der Waals surface area contributed by atoms with Crippen molar-refractivity contribution in [3.63, 3.8) is 0 Å². The van der Waals surface area contributed by atoms with Crippen LogP contribution in [-0.2, 0) is 4.79 Å². The molecule has 2 fully saturated rings. The van der Waals surface area contributed by atoms with Crippen molar-refractivity contribution in [2.45, 2.75) is 25.7 Å². The Hall–Kier alpha value is -2.88. The lowest BCUT2D eigenvalue weighted by Crippen LogP contribution is -2.43. The van der Waals surface area contributed by atoms with Gasteiger partial charge in [-0.05, 0) is 49.9 Å². The van der Waals surface area contributed by atoms with Crippen LogP contribution in [0.2, 0.25) is 0 Å². The number of amides is 3. The number of carbonyl (C=O) groups excluding carboxylic acids is 3. The fraction of sp³-hybridized carbons (Fsp3) is 0.450. The first-order chi connectivity index (χ1) is 14.5. The molecule has 2 saturated heterocycles. The second-order valence-electron chi connectivity index (χ2n) is 7.47. The standard InChI is InChI=1S/C20H22FN5O3S/c21-14-3-5-15(6-4-14)22-16(27)17-23-24-18(30-17)20(29)26-11-7-13(8-12-26)19(28)25-9-1-2-10-25/h3-6,13H,1-2,7-12H2,(H,22,27). The van der Waals surface area contributed by atoms with E-state index in [1.54, 1.807) is 4.90 Å². The van der Waals surface area contributed by atoms with E-state index in [1.807, 2.05) is 4.90 Å². The number of benzene rings is 1. The highest BCUT2D eigenvalue weighted by atomic mass is 32.1. The summed E-state index contributed by atoms with van der Waals surface area (Å²) in [5.41, 5.74) is 0.425. The molecule has 10 heteroatoms. The van der Waals surface area contributed by atoms with Crippen molar-refractivity contribution >= 4 is 34.7 Å². The highest BCUT2D eigenvalue weighted by Crippen LogP contribution is 2.24. The van der Waals surface area contributed by atoms with E-state index in [0.717, 1.165) is 37.3 Å². The van der Waals surface area contributed by atoms with Crippen LogP contribution in [-0.4, -0.2) is 63.9 Å². The van der Waals surface area contributed by atoms with Gasteiger partial charge in [-0.3, -0.25) is 14.4 Å². The average Bonchev–Trinajstić information content (AvgIpc) is 3.47. The molecule has 3 heterocycles. The van der Waals surface area contributed by atoms with Crippen molar-refractivity contribution in [1.82, 2.24) is 20.0 Å². The number of rotatable bonds is 4. The Morgan fingerprint density at radius 2 is 1.57 bits per heavy atom. The molecule has 0 atom stereocenters. The summed E-state index contributed by atoms with van der Waals surface area (Å²) in [6.07, 6.45) is 3.41. The van der Waals surface area contributed by atoms with Crippen LogP contribution in [0.3, 0.4) is 0 Å². The summed E-state index contributed by atoms with van der Waals surface area (Å²) in [6, 6.07) is 5.35. The van der Waals surface area contributed by atoms with Crippen LogP contribution >= 0.6 is 11.3 Å². The third-order valence-corrected chi connectivity index (χ3v) is 6.36. The van der Waals surface area contributed by atoms with Crippen LogP contribution in [0.15, 0.2) is 24.3 Å². The number of piperidine rings is 1. The first-order valence-corrected chi connectivity index (χ1v) is 10.8. The number of nitrogens with zero attached hydrogens (tertiary/aromatic N) is 4. The van der Waals surface area contributed by atoms with Crippen molar-refractivity contribution in [2.24, 2.45) is 5.92 Å². The molecule has 0 unspecified atom stereocenters. The molecule has 1 N–H and O–H groups in total. The molecule has 0 aliphatic carbocycles. The number of hydrogen-bond acceptors (Lipinski definition) is 6. The fourth-order valence-corrected chi connectivity index (χ4v) is 4.49. The van der Waals surface area contributed by atoms with Gasteiger partial charge in [0.2, 0.25) is 15.9 Å². The molecule has 0 radical (unpaired) electrons. The van der Waals surface area contributed by atoms with Gasteiger partial charge in [-0.25, -0.2) is 4.39 Å². The monoisotopic (exact) mass is 431 g/mol. The summed E-state index contributed by atoms with van der Waals surface area (Å²) in [7, 11) is 0. The third kappa shape index (κ3) is 4.48. The first kappa shape index (κ1) is 20.4. The molecule has 3 amide bonds. The van der Waals surface area contributed by atoms with Crippen LogP contribution in [0, 0.1) is 11.7 Å². The Morgan fingerprint density at radius 1 is 0.933 bits per heavy atom. The van der Waals surface area contributed by atoms with Crippen molar-refractivity contribution in [3.05, 3.63) is 40.1 Å². The van der Waals surface area contributed by atoms with E-state index in [4.69, 9.17) is 0 Å². The summed E-state index contributed by atoms with van der Waals surface area (Å²) in [5.74, 6) is -1.01. The van der Waals surface area contributed by atoms with E-state index in [9.17, 15) is 18.8 Å². The number of carbonyl (C=O) groups is 3. The lowest BCUT2D eigenvalue weighted by atomic mass is 9.95. The highest BCUT2D eigenvalue weighted by Gasteiger charge is 2.32. The Bertz CT molecular complexity index is 934. The Kier molecular flexibility index (Phi) is 6.03. The highest BCUT2D eigenvalue weighted by molar-refractivity contribution is 7.15. The van der Waals surface area contributed by atoms with Crippen molar-refractivity contribution in [1.29, 1.82) is 0 Å². The Labute approximate surface area is 177 Å². The summed E-state index contributed by atoms with van der Waals surface area (Å²) < 4.78 is 13.0. The van der Waals surface area contributed by atoms with Gasteiger partial charge in [0, 0.05) is 37.8 Å². The number of likely N-dealkylation sites (tertiary alicyclic amines) is 2. The topological polar surface area (TPSA) is 95.5 Å². The predicted octanol–water partition coefficient (Wildman–Crippen LogP) is 2.40. The zero-order valence-electron chi connectivity index (χ0n) is 16.3. The van der Waals surface area contributed by atoms with Crippen LogP contribution in [0.4, 0.5) is 10.1 Å². The first-order valence-electron chi connectivity index (χ1n) is 10.00. The maximum atomic E-state index is 13.0. The largest absolute Gasteiger partial charge is 0.342 e. The van der Waals surface area contributed by atoms with Crippen LogP contribution in [0.5, 0.6) is 0 Å². The summed E-state index contributed by atoms with van der Waals surface area (Å²) in [5, 5.41) is 10.5. The van der Waals surface area contributed by atoms with Crippen LogP contribution < -0.4 is 5.32 Å². The Balaban J connectivity index is 1.32. The van der Waals surface area contributed by atoms with Gasteiger partial charge in [-0.1, -0.05) is 11.3 Å². The van der Waals surface area contributed by atoms with Gasteiger partial charge in [0.05, 0.1) is 0 Å². The molecule has 2 aliphatic heterocycles. The molecular weight excluding hydrogens is 409 g/mol. The van der Waals surface area contributed by atoms with E-state index < -0.39 is 11.7 Å². The van der Waals surface area contributed by atoms with Crippen LogP contribution in [0.1, 0.15) is 45.3 Å². The number of anilines is 1. The van der Waals surface area contributed by atoms with Gasteiger partial charge in [0.25, 0.3) is 11.8 Å². The van der Waals surface area contributed by atoms with Gasteiger partial charge < -0.3 is 15.1 Å². The number of hydrogen-bond donors (Lipinski definition) is 1. The van der Waals surface area contributed by atoms with Gasteiger partial charge in [-0.2, -0.15) is 0 Å². The third-order valence-electron chi connectivity index (χ3n) is 5.45. The molecule has 1 aromatic carbocycles. The molecule has 2 aliphatic rings. The van der Waals surface area contributed by atoms with Gasteiger partial charge in [0.15, 0.2) is 0 Å². The summed E-state index contributed by atoms with van der Waals surface area (Å²) >= 11 is 0.918. The van der Waals surface area contributed by atoms with E-state index in [2.05, 4.69) is 15.5 Å². The van der Waals surface area contributed by atoms with E-state index in [0.29, 0.717) is 31.6 Å². The molecule has 4 rings (SSSR count).